The molecular formula is C23H21ClF3N3O. The second kappa shape index (κ2) is 8.38. The van der Waals surface area contributed by atoms with Crippen molar-refractivity contribution in [2.45, 2.75) is 44.8 Å². The standard InChI is InChI=1S/C23H21ClF3N3O/c1-14(16-9-8-15-4-2-5-17(15)10-16)22(31)28-13-20-12-21(23(25,26)27)29-30(20)19-7-3-6-18(24)11-19/h3,6-12,14H,2,4-5,13H2,1H3,(H,28,31). The number of halogens is 4. The van der Waals surface area contributed by atoms with Crippen LogP contribution in [-0.4, -0.2) is 15.7 Å². The van der Waals surface area contributed by atoms with Crippen molar-refractivity contribution in [1.29, 1.82) is 0 Å². The minimum atomic E-state index is -4.60. The SMILES string of the molecule is CC(C(=O)NCc1cc(C(F)(F)F)nn1-c1cccc(Cl)c1)c1ccc2c(c1)CCC2. The maximum Gasteiger partial charge on any atom is 0.435 e. The first-order valence-corrected chi connectivity index (χ1v) is 10.4. The molecule has 4 nitrogen and oxygen atoms in total. The number of amides is 1. The summed E-state index contributed by atoms with van der Waals surface area (Å²) < 4.78 is 40.9. The van der Waals surface area contributed by atoms with Crippen molar-refractivity contribution in [2.75, 3.05) is 0 Å². The second-order valence-corrected chi connectivity index (χ2v) is 8.17. The van der Waals surface area contributed by atoms with Crippen molar-refractivity contribution in [3.63, 3.8) is 0 Å². The van der Waals surface area contributed by atoms with E-state index >= 15 is 0 Å². The third kappa shape index (κ3) is 4.61. The van der Waals surface area contributed by atoms with Gasteiger partial charge in [-0.15, -0.1) is 0 Å². The molecule has 0 radical (unpaired) electrons. The molecule has 0 aliphatic heterocycles. The van der Waals surface area contributed by atoms with Gasteiger partial charge < -0.3 is 5.32 Å². The van der Waals surface area contributed by atoms with E-state index in [1.807, 2.05) is 6.07 Å². The number of fused-ring (bicyclic) bond motifs is 1. The van der Waals surface area contributed by atoms with Crippen molar-refractivity contribution < 1.29 is 18.0 Å². The summed E-state index contributed by atoms with van der Waals surface area (Å²) in [6.45, 7) is 1.70. The lowest BCUT2D eigenvalue weighted by Gasteiger charge is -2.15. The first-order valence-electron chi connectivity index (χ1n) is 10.0. The van der Waals surface area contributed by atoms with E-state index in [0.717, 1.165) is 35.6 Å². The van der Waals surface area contributed by atoms with Gasteiger partial charge in [0.15, 0.2) is 5.69 Å². The largest absolute Gasteiger partial charge is 0.435 e. The lowest BCUT2D eigenvalue weighted by molar-refractivity contribution is -0.141. The molecule has 1 unspecified atom stereocenters. The van der Waals surface area contributed by atoms with E-state index in [4.69, 9.17) is 11.6 Å². The summed E-state index contributed by atoms with van der Waals surface area (Å²) in [4.78, 5) is 12.7. The topological polar surface area (TPSA) is 46.9 Å². The lowest BCUT2D eigenvalue weighted by atomic mass is 9.96. The Morgan fingerprint density at radius 2 is 1.94 bits per heavy atom. The molecule has 0 fully saturated rings. The molecule has 1 N–H and O–H groups in total. The Hall–Kier alpha value is -2.80. The Labute approximate surface area is 183 Å². The van der Waals surface area contributed by atoms with Gasteiger partial charge in [0.25, 0.3) is 0 Å². The van der Waals surface area contributed by atoms with Crippen LogP contribution in [0.4, 0.5) is 13.2 Å². The molecule has 4 rings (SSSR count). The normalized spacial score (nSPS) is 14.4. The Bertz CT molecular complexity index is 1120. The van der Waals surface area contributed by atoms with Gasteiger partial charge >= 0.3 is 6.18 Å². The molecule has 162 valence electrons. The van der Waals surface area contributed by atoms with Crippen LogP contribution in [0, 0.1) is 0 Å². The molecule has 31 heavy (non-hydrogen) atoms. The molecule has 1 atom stereocenters. The zero-order valence-electron chi connectivity index (χ0n) is 16.8. The number of aromatic nitrogens is 2. The van der Waals surface area contributed by atoms with Crippen LogP contribution in [-0.2, 0) is 30.4 Å². The number of carbonyl (C=O) groups is 1. The predicted octanol–water partition coefficient (Wildman–Crippen LogP) is 5.45. The molecule has 1 aromatic heterocycles. The smallest absolute Gasteiger partial charge is 0.350 e. The highest BCUT2D eigenvalue weighted by atomic mass is 35.5. The number of aryl methyl sites for hydroxylation is 2. The Morgan fingerprint density at radius 3 is 2.68 bits per heavy atom. The fourth-order valence-electron chi connectivity index (χ4n) is 3.86. The maximum atomic E-state index is 13.2. The number of benzene rings is 2. The van der Waals surface area contributed by atoms with Crippen LogP contribution < -0.4 is 5.32 Å². The molecule has 1 heterocycles. The van der Waals surface area contributed by atoms with Crippen LogP contribution >= 0.6 is 11.6 Å². The number of carbonyl (C=O) groups excluding carboxylic acids is 1. The van der Waals surface area contributed by atoms with Crippen LogP contribution in [0.25, 0.3) is 5.69 Å². The summed E-state index contributed by atoms with van der Waals surface area (Å²) in [5, 5.41) is 6.83. The van der Waals surface area contributed by atoms with E-state index in [1.165, 1.54) is 17.2 Å². The van der Waals surface area contributed by atoms with Crippen LogP contribution in [0.1, 0.15) is 47.3 Å². The molecule has 1 aliphatic rings. The number of rotatable bonds is 5. The third-order valence-electron chi connectivity index (χ3n) is 5.59. The minimum absolute atomic E-state index is 0.0935. The van der Waals surface area contributed by atoms with Gasteiger partial charge in [0.1, 0.15) is 0 Å². The quantitative estimate of drug-likeness (QED) is 0.565. The lowest BCUT2D eigenvalue weighted by Crippen LogP contribution is -2.28. The van der Waals surface area contributed by atoms with Crippen molar-refractivity contribution in [2.24, 2.45) is 0 Å². The first-order chi connectivity index (χ1) is 14.7. The van der Waals surface area contributed by atoms with E-state index in [0.29, 0.717) is 10.7 Å². The average Bonchev–Trinajstić information content (AvgIpc) is 3.37. The van der Waals surface area contributed by atoms with Gasteiger partial charge in [-0.05, 0) is 67.1 Å². The van der Waals surface area contributed by atoms with Crippen LogP contribution in [0.15, 0.2) is 48.5 Å². The first kappa shape index (κ1) is 21.4. The number of nitrogens with zero attached hydrogens (tertiary/aromatic N) is 2. The highest BCUT2D eigenvalue weighted by Crippen LogP contribution is 2.30. The summed E-state index contributed by atoms with van der Waals surface area (Å²) in [6.07, 6.45) is -1.41. The third-order valence-corrected chi connectivity index (χ3v) is 5.82. The Morgan fingerprint density at radius 1 is 1.16 bits per heavy atom. The number of nitrogens with one attached hydrogen (secondary N) is 1. The Kier molecular flexibility index (Phi) is 5.79. The zero-order valence-corrected chi connectivity index (χ0v) is 17.6. The highest BCUT2D eigenvalue weighted by Gasteiger charge is 2.35. The van der Waals surface area contributed by atoms with E-state index in [-0.39, 0.29) is 18.1 Å². The maximum absolute atomic E-state index is 13.2. The predicted molar refractivity (Wildman–Crippen MR) is 112 cm³/mol. The van der Waals surface area contributed by atoms with Crippen LogP contribution in [0.5, 0.6) is 0 Å². The van der Waals surface area contributed by atoms with Gasteiger partial charge in [-0.2, -0.15) is 18.3 Å². The number of hydrogen-bond donors (Lipinski definition) is 1. The van der Waals surface area contributed by atoms with Crippen molar-refractivity contribution in [1.82, 2.24) is 15.1 Å². The molecule has 0 bridgehead atoms. The summed E-state index contributed by atoms with van der Waals surface area (Å²) in [5.74, 6) is -0.680. The summed E-state index contributed by atoms with van der Waals surface area (Å²) in [6, 6.07) is 13.4. The zero-order chi connectivity index (χ0) is 22.2. The van der Waals surface area contributed by atoms with Gasteiger partial charge in [0.05, 0.1) is 23.8 Å². The average molecular weight is 448 g/mol. The molecule has 0 saturated carbocycles. The van der Waals surface area contributed by atoms with Crippen molar-refractivity contribution in [3.05, 3.63) is 81.6 Å². The molecule has 0 saturated heterocycles. The second-order valence-electron chi connectivity index (χ2n) is 7.73. The molecule has 1 amide bonds. The molecule has 0 spiro atoms. The van der Waals surface area contributed by atoms with Crippen molar-refractivity contribution in [3.8, 4) is 5.69 Å². The molecule has 8 heteroatoms. The fourth-order valence-corrected chi connectivity index (χ4v) is 4.04. The van der Waals surface area contributed by atoms with Gasteiger partial charge in [-0.25, -0.2) is 4.68 Å². The Balaban J connectivity index is 1.54. The van der Waals surface area contributed by atoms with Gasteiger partial charge in [-0.1, -0.05) is 35.9 Å². The van der Waals surface area contributed by atoms with E-state index in [9.17, 15) is 18.0 Å². The van der Waals surface area contributed by atoms with E-state index in [1.54, 1.807) is 25.1 Å². The monoisotopic (exact) mass is 447 g/mol. The van der Waals surface area contributed by atoms with Gasteiger partial charge in [-0.3, -0.25) is 4.79 Å². The van der Waals surface area contributed by atoms with Crippen LogP contribution in [0.3, 0.4) is 0 Å². The molecule has 2 aromatic carbocycles. The molecule has 3 aromatic rings. The molecular weight excluding hydrogens is 427 g/mol. The van der Waals surface area contributed by atoms with E-state index in [2.05, 4.69) is 22.5 Å². The highest BCUT2D eigenvalue weighted by molar-refractivity contribution is 6.30. The van der Waals surface area contributed by atoms with Gasteiger partial charge in [0.2, 0.25) is 5.91 Å². The van der Waals surface area contributed by atoms with Crippen LogP contribution in [0.2, 0.25) is 5.02 Å². The fraction of sp³-hybridized carbons (Fsp3) is 0.304. The summed E-state index contributed by atoms with van der Waals surface area (Å²) in [5.41, 5.74) is 3.07. The summed E-state index contributed by atoms with van der Waals surface area (Å²) in [7, 11) is 0. The number of hydrogen-bond acceptors (Lipinski definition) is 2. The summed E-state index contributed by atoms with van der Waals surface area (Å²) >= 11 is 5.99. The minimum Gasteiger partial charge on any atom is -0.350 e. The van der Waals surface area contributed by atoms with Gasteiger partial charge in [0, 0.05) is 5.02 Å². The number of alkyl halides is 3. The molecule has 1 aliphatic carbocycles. The van der Waals surface area contributed by atoms with E-state index < -0.39 is 17.8 Å². The van der Waals surface area contributed by atoms with Crippen molar-refractivity contribution >= 4 is 17.5 Å².